The summed E-state index contributed by atoms with van der Waals surface area (Å²) in [5.74, 6) is 0. The van der Waals surface area contributed by atoms with E-state index < -0.39 is 0 Å². The van der Waals surface area contributed by atoms with Crippen molar-refractivity contribution in [1.29, 1.82) is 0 Å². The summed E-state index contributed by atoms with van der Waals surface area (Å²) in [6.45, 7) is 5.93. The first-order valence-electron chi connectivity index (χ1n) is 6.09. The number of nitrogens with zero attached hydrogens (tertiary/aromatic N) is 2. The maximum absolute atomic E-state index is 5.40. The minimum Gasteiger partial charge on any atom is -0.381 e. The van der Waals surface area contributed by atoms with Gasteiger partial charge in [0.25, 0.3) is 0 Å². The van der Waals surface area contributed by atoms with Crippen molar-refractivity contribution in [2.24, 2.45) is 7.05 Å². The summed E-state index contributed by atoms with van der Waals surface area (Å²) in [6.07, 6.45) is 7.23. The summed E-state index contributed by atoms with van der Waals surface area (Å²) in [5.41, 5.74) is 1.29. The molecule has 92 valence electrons. The number of rotatable bonds is 9. The fraction of sp³-hybridized carbons (Fsp3) is 0.750. The van der Waals surface area contributed by atoms with Crippen LogP contribution in [-0.4, -0.2) is 36.1 Å². The van der Waals surface area contributed by atoms with Crippen LogP contribution < -0.4 is 5.32 Å². The van der Waals surface area contributed by atoms with E-state index in [-0.39, 0.29) is 0 Å². The number of hydrogen-bond acceptors (Lipinski definition) is 3. The average Bonchev–Trinajstić information content (AvgIpc) is 2.68. The second-order valence-electron chi connectivity index (χ2n) is 3.99. The van der Waals surface area contributed by atoms with Crippen LogP contribution in [-0.2, 0) is 18.2 Å². The van der Waals surface area contributed by atoms with E-state index in [1.807, 2.05) is 17.9 Å². The van der Waals surface area contributed by atoms with Crippen molar-refractivity contribution < 1.29 is 4.74 Å². The van der Waals surface area contributed by atoms with Crippen molar-refractivity contribution in [2.45, 2.75) is 26.2 Å². The Morgan fingerprint density at radius 1 is 1.38 bits per heavy atom. The molecule has 0 fully saturated rings. The van der Waals surface area contributed by atoms with Crippen LogP contribution in [0.15, 0.2) is 12.4 Å². The van der Waals surface area contributed by atoms with E-state index in [4.69, 9.17) is 4.74 Å². The summed E-state index contributed by atoms with van der Waals surface area (Å²) >= 11 is 0. The van der Waals surface area contributed by atoms with E-state index >= 15 is 0 Å². The fourth-order valence-electron chi connectivity index (χ4n) is 1.50. The van der Waals surface area contributed by atoms with Gasteiger partial charge in [-0.05, 0) is 37.9 Å². The van der Waals surface area contributed by atoms with E-state index in [0.29, 0.717) is 0 Å². The number of aromatic nitrogens is 2. The zero-order valence-electron chi connectivity index (χ0n) is 10.4. The Kier molecular flexibility index (Phi) is 6.85. The van der Waals surface area contributed by atoms with Crippen LogP contribution in [0.4, 0.5) is 0 Å². The predicted octanol–water partition coefficient (Wildman–Crippen LogP) is 1.37. The molecule has 1 aromatic heterocycles. The maximum atomic E-state index is 5.40. The lowest BCUT2D eigenvalue weighted by molar-refractivity contribution is 0.132. The molecular formula is C12H23N3O. The molecule has 1 aromatic rings. The smallest absolute Gasteiger partial charge is 0.0522 e. The zero-order chi connectivity index (χ0) is 11.6. The van der Waals surface area contributed by atoms with Crippen molar-refractivity contribution in [3.05, 3.63) is 18.0 Å². The monoisotopic (exact) mass is 225 g/mol. The Hall–Kier alpha value is -0.870. The Bertz CT molecular complexity index is 273. The van der Waals surface area contributed by atoms with Gasteiger partial charge in [0.15, 0.2) is 0 Å². The van der Waals surface area contributed by atoms with Crippen molar-refractivity contribution in [2.75, 3.05) is 26.3 Å². The highest BCUT2D eigenvalue weighted by Crippen LogP contribution is 1.95. The Morgan fingerprint density at radius 3 is 2.94 bits per heavy atom. The lowest BCUT2D eigenvalue weighted by Crippen LogP contribution is -2.19. The van der Waals surface area contributed by atoms with Gasteiger partial charge < -0.3 is 10.1 Å². The second kappa shape index (κ2) is 8.30. The van der Waals surface area contributed by atoms with Gasteiger partial charge in [-0.3, -0.25) is 4.68 Å². The number of hydrogen-bond donors (Lipinski definition) is 1. The average molecular weight is 225 g/mol. The highest BCUT2D eigenvalue weighted by molar-refractivity contribution is 5.03. The molecule has 16 heavy (non-hydrogen) atoms. The lowest BCUT2D eigenvalue weighted by atomic mass is 10.2. The molecule has 1 heterocycles. The highest BCUT2D eigenvalue weighted by Gasteiger charge is 1.95. The quantitative estimate of drug-likeness (QED) is 0.645. The molecule has 0 aliphatic rings. The van der Waals surface area contributed by atoms with E-state index in [1.54, 1.807) is 0 Å². The summed E-state index contributed by atoms with van der Waals surface area (Å²) in [6, 6.07) is 0. The standard InChI is InChI=1S/C12H23N3O/c1-3-8-16-9-4-6-13-7-5-12-10-14-15(2)11-12/h10-11,13H,3-9H2,1-2H3. The molecule has 0 radical (unpaired) electrons. The lowest BCUT2D eigenvalue weighted by Gasteiger charge is -2.04. The third-order valence-electron chi connectivity index (χ3n) is 2.34. The molecule has 0 aromatic carbocycles. The van der Waals surface area contributed by atoms with Crippen LogP contribution in [0.3, 0.4) is 0 Å². The van der Waals surface area contributed by atoms with Crippen molar-refractivity contribution in [1.82, 2.24) is 15.1 Å². The minimum absolute atomic E-state index is 0.869. The van der Waals surface area contributed by atoms with Gasteiger partial charge in [-0.2, -0.15) is 5.10 Å². The van der Waals surface area contributed by atoms with Gasteiger partial charge in [0.1, 0.15) is 0 Å². The second-order valence-corrected chi connectivity index (χ2v) is 3.99. The van der Waals surface area contributed by atoms with Gasteiger partial charge in [-0.1, -0.05) is 6.92 Å². The van der Waals surface area contributed by atoms with E-state index in [1.165, 1.54) is 5.56 Å². The van der Waals surface area contributed by atoms with Gasteiger partial charge in [-0.15, -0.1) is 0 Å². The Labute approximate surface area is 98.0 Å². The summed E-state index contributed by atoms with van der Waals surface area (Å²) in [4.78, 5) is 0. The van der Waals surface area contributed by atoms with E-state index in [2.05, 4.69) is 23.5 Å². The summed E-state index contributed by atoms with van der Waals surface area (Å²) in [7, 11) is 1.95. The first kappa shape index (κ1) is 13.2. The molecule has 0 atom stereocenters. The first-order valence-corrected chi connectivity index (χ1v) is 6.09. The third-order valence-corrected chi connectivity index (χ3v) is 2.34. The van der Waals surface area contributed by atoms with Crippen LogP contribution in [0.2, 0.25) is 0 Å². The molecule has 0 unspecified atom stereocenters. The predicted molar refractivity (Wildman–Crippen MR) is 65.5 cm³/mol. The molecular weight excluding hydrogens is 202 g/mol. The van der Waals surface area contributed by atoms with Gasteiger partial charge in [0, 0.05) is 26.5 Å². The van der Waals surface area contributed by atoms with Gasteiger partial charge >= 0.3 is 0 Å². The number of nitrogens with one attached hydrogen (secondary N) is 1. The van der Waals surface area contributed by atoms with Crippen LogP contribution in [0.1, 0.15) is 25.3 Å². The maximum Gasteiger partial charge on any atom is 0.0522 e. The van der Waals surface area contributed by atoms with Crippen LogP contribution in [0.25, 0.3) is 0 Å². The van der Waals surface area contributed by atoms with Gasteiger partial charge in [-0.25, -0.2) is 0 Å². The van der Waals surface area contributed by atoms with Crippen LogP contribution in [0, 0.1) is 0 Å². The normalized spacial score (nSPS) is 10.9. The van der Waals surface area contributed by atoms with Crippen molar-refractivity contribution in [3.8, 4) is 0 Å². The minimum atomic E-state index is 0.869. The molecule has 0 saturated heterocycles. The SMILES string of the molecule is CCCOCCCNCCc1cnn(C)c1. The van der Waals surface area contributed by atoms with Gasteiger partial charge in [0.05, 0.1) is 6.20 Å². The largest absolute Gasteiger partial charge is 0.381 e. The Morgan fingerprint density at radius 2 is 2.25 bits per heavy atom. The number of aryl methyl sites for hydroxylation is 1. The van der Waals surface area contributed by atoms with Gasteiger partial charge in [0.2, 0.25) is 0 Å². The molecule has 0 amide bonds. The number of ether oxygens (including phenoxy) is 1. The van der Waals surface area contributed by atoms with E-state index in [9.17, 15) is 0 Å². The fourth-order valence-corrected chi connectivity index (χ4v) is 1.50. The zero-order valence-corrected chi connectivity index (χ0v) is 10.4. The Balaban J connectivity index is 1.88. The molecule has 0 aliphatic carbocycles. The summed E-state index contributed by atoms with van der Waals surface area (Å²) in [5, 5.41) is 7.54. The van der Waals surface area contributed by atoms with E-state index in [0.717, 1.165) is 45.6 Å². The topological polar surface area (TPSA) is 39.1 Å². The van der Waals surface area contributed by atoms with Crippen molar-refractivity contribution in [3.63, 3.8) is 0 Å². The molecule has 1 rings (SSSR count). The van der Waals surface area contributed by atoms with Crippen LogP contribution >= 0.6 is 0 Å². The molecule has 0 bridgehead atoms. The molecule has 4 nitrogen and oxygen atoms in total. The van der Waals surface area contributed by atoms with Crippen molar-refractivity contribution >= 4 is 0 Å². The molecule has 0 aliphatic heterocycles. The molecule has 1 N–H and O–H groups in total. The molecule has 4 heteroatoms. The van der Waals surface area contributed by atoms with Crippen LogP contribution in [0.5, 0.6) is 0 Å². The molecule has 0 spiro atoms. The molecule has 0 saturated carbocycles. The third kappa shape index (κ3) is 5.88. The summed E-state index contributed by atoms with van der Waals surface area (Å²) < 4.78 is 7.24. The first-order chi connectivity index (χ1) is 7.83. The highest BCUT2D eigenvalue weighted by atomic mass is 16.5.